The summed E-state index contributed by atoms with van der Waals surface area (Å²) >= 11 is 3.50. The lowest BCUT2D eigenvalue weighted by molar-refractivity contribution is 0.249. The Balaban J connectivity index is 0.000000137. The van der Waals surface area contributed by atoms with Crippen molar-refractivity contribution in [3.63, 3.8) is 0 Å². The van der Waals surface area contributed by atoms with Crippen molar-refractivity contribution in [2.24, 2.45) is 0 Å². The molecule has 6 aliphatic heterocycles. The largest absolute Gasteiger partial charge is 0.422 e. The molecule has 10 nitrogen and oxygen atoms in total. The van der Waals surface area contributed by atoms with Crippen molar-refractivity contribution in [3.8, 4) is 11.1 Å². The minimum atomic E-state index is 0.543. The van der Waals surface area contributed by atoms with Gasteiger partial charge in [0.05, 0.1) is 5.69 Å². The SMILES string of the molecule is Cc1nc2nc(N3CCN4CCC3CC4)oc2cc1-c1ccccc1.Cc1nc2nc(N3CCN4CCC3CC4)oc2cc1Br. The first-order chi connectivity index (χ1) is 22.0. The van der Waals surface area contributed by atoms with Crippen LogP contribution in [0.25, 0.3) is 33.6 Å². The van der Waals surface area contributed by atoms with Crippen LogP contribution in [0.5, 0.6) is 0 Å². The Labute approximate surface area is 271 Å². The molecule has 6 fully saturated rings. The highest BCUT2D eigenvalue weighted by Gasteiger charge is 2.33. The van der Waals surface area contributed by atoms with Gasteiger partial charge in [0.2, 0.25) is 11.3 Å². The molecule has 234 valence electrons. The van der Waals surface area contributed by atoms with E-state index in [1.807, 2.05) is 38.1 Å². The monoisotopic (exact) mass is 670 g/mol. The molecule has 0 saturated carbocycles. The topological polar surface area (TPSA) is 90.8 Å². The predicted octanol–water partition coefficient (Wildman–Crippen LogP) is 6.06. The van der Waals surface area contributed by atoms with Crippen molar-refractivity contribution in [1.82, 2.24) is 29.7 Å². The van der Waals surface area contributed by atoms with E-state index in [1.54, 1.807) is 0 Å². The first-order valence-electron chi connectivity index (χ1n) is 16.2. The van der Waals surface area contributed by atoms with E-state index in [-0.39, 0.29) is 0 Å². The summed E-state index contributed by atoms with van der Waals surface area (Å²) in [5.74, 6) is 0. The molecule has 0 spiro atoms. The molecule has 4 aromatic heterocycles. The molecule has 5 aromatic rings. The second-order valence-corrected chi connectivity index (χ2v) is 13.6. The lowest BCUT2D eigenvalue weighted by Gasteiger charge is -2.30. The number of pyridine rings is 2. The summed E-state index contributed by atoms with van der Waals surface area (Å²) in [7, 11) is 0. The maximum Gasteiger partial charge on any atom is 0.300 e. The van der Waals surface area contributed by atoms with Crippen LogP contribution in [0, 0.1) is 13.8 Å². The number of hydrogen-bond acceptors (Lipinski definition) is 10. The number of aryl methyl sites for hydroxylation is 2. The Hall–Kier alpha value is -3.54. The van der Waals surface area contributed by atoms with Gasteiger partial charge in [-0.25, -0.2) is 9.97 Å². The molecule has 1 aromatic carbocycles. The van der Waals surface area contributed by atoms with Crippen LogP contribution in [0.15, 0.2) is 55.8 Å². The third-order valence-electron chi connectivity index (χ3n) is 9.95. The van der Waals surface area contributed by atoms with Crippen LogP contribution >= 0.6 is 15.9 Å². The molecule has 0 amide bonds. The molecule has 4 bridgehead atoms. The number of oxazole rings is 2. The van der Waals surface area contributed by atoms with E-state index in [9.17, 15) is 0 Å². The van der Waals surface area contributed by atoms with E-state index in [4.69, 9.17) is 18.8 Å². The van der Waals surface area contributed by atoms with Crippen LogP contribution in [0.4, 0.5) is 12.0 Å². The van der Waals surface area contributed by atoms with Crippen LogP contribution < -0.4 is 9.80 Å². The Kier molecular flexibility index (Phi) is 7.71. The van der Waals surface area contributed by atoms with E-state index < -0.39 is 0 Å². The summed E-state index contributed by atoms with van der Waals surface area (Å²) in [4.78, 5) is 28.3. The highest BCUT2D eigenvalue weighted by atomic mass is 79.9. The van der Waals surface area contributed by atoms with Gasteiger partial charge in [0.15, 0.2) is 11.2 Å². The van der Waals surface area contributed by atoms with Gasteiger partial charge in [0.25, 0.3) is 12.0 Å². The van der Waals surface area contributed by atoms with Crippen molar-refractivity contribution in [2.45, 2.75) is 51.6 Å². The quantitative estimate of drug-likeness (QED) is 0.226. The Morgan fingerprint density at radius 2 is 1.13 bits per heavy atom. The number of benzene rings is 1. The Morgan fingerprint density at radius 1 is 0.622 bits per heavy atom. The van der Waals surface area contributed by atoms with Crippen LogP contribution in [-0.2, 0) is 0 Å². The molecule has 0 radical (unpaired) electrons. The first-order valence-corrected chi connectivity index (χ1v) is 17.0. The summed E-state index contributed by atoms with van der Waals surface area (Å²) in [5.41, 5.74) is 7.16. The highest BCUT2D eigenvalue weighted by Crippen LogP contribution is 2.32. The van der Waals surface area contributed by atoms with Gasteiger partial charge in [-0.1, -0.05) is 30.3 Å². The lowest BCUT2D eigenvalue weighted by atomic mass is 10.0. The molecule has 0 aliphatic carbocycles. The highest BCUT2D eigenvalue weighted by molar-refractivity contribution is 9.10. The predicted molar refractivity (Wildman–Crippen MR) is 180 cm³/mol. The zero-order chi connectivity index (χ0) is 30.5. The fraction of sp³-hybridized carbons (Fsp3) is 0.471. The van der Waals surface area contributed by atoms with Crippen LogP contribution in [0.3, 0.4) is 0 Å². The van der Waals surface area contributed by atoms with Crippen molar-refractivity contribution < 1.29 is 8.83 Å². The third kappa shape index (κ3) is 5.70. The molecule has 0 unspecified atom stereocenters. The number of hydrogen-bond donors (Lipinski definition) is 0. The average molecular weight is 672 g/mol. The molecule has 6 aliphatic rings. The van der Waals surface area contributed by atoms with Crippen molar-refractivity contribution in [3.05, 3.63) is 58.3 Å². The first kappa shape index (κ1) is 28.9. The summed E-state index contributed by atoms with van der Waals surface area (Å²) in [6, 6.07) is 17.0. The number of nitrogens with zero attached hydrogens (tertiary/aromatic N) is 8. The summed E-state index contributed by atoms with van der Waals surface area (Å²) in [6.45, 7) is 13.0. The van der Waals surface area contributed by atoms with Crippen molar-refractivity contribution in [1.29, 1.82) is 0 Å². The molecule has 0 atom stereocenters. The van der Waals surface area contributed by atoms with Gasteiger partial charge in [-0.15, -0.1) is 0 Å². The van der Waals surface area contributed by atoms with Crippen LogP contribution in [-0.4, -0.2) is 94.2 Å². The number of fused-ring (bicyclic) bond motifs is 10. The van der Waals surface area contributed by atoms with Gasteiger partial charge in [0, 0.05) is 86.2 Å². The van der Waals surface area contributed by atoms with E-state index >= 15 is 0 Å². The van der Waals surface area contributed by atoms with E-state index in [0.717, 1.165) is 76.4 Å². The normalized spacial score (nSPS) is 24.5. The van der Waals surface area contributed by atoms with Gasteiger partial charge >= 0.3 is 0 Å². The molecule has 10 heterocycles. The number of halogens is 1. The molecular weight excluding hydrogens is 632 g/mol. The van der Waals surface area contributed by atoms with Gasteiger partial charge in [-0.3, -0.25) is 0 Å². The number of anilines is 2. The average Bonchev–Trinajstić information content (AvgIpc) is 3.32. The summed E-state index contributed by atoms with van der Waals surface area (Å²) in [6.07, 6.45) is 4.80. The van der Waals surface area contributed by atoms with Crippen molar-refractivity contribution >= 4 is 50.4 Å². The second-order valence-electron chi connectivity index (χ2n) is 12.7. The second kappa shape index (κ2) is 12.0. The molecule has 11 heteroatoms. The zero-order valence-electron chi connectivity index (χ0n) is 26.0. The maximum absolute atomic E-state index is 6.16. The minimum Gasteiger partial charge on any atom is -0.422 e. The van der Waals surface area contributed by atoms with E-state index in [0.29, 0.717) is 23.4 Å². The standard InChI is InChI=1S/C20H22N4O.C14H17BrN4O/c1-14-17(15-5-3-2-4-6-15)13-18-19(21-14)22-20(25-18)24-12-11-23-9-7-16(24)8-10-23;1-9-11(15)8-12-13(16-9)17-14(20-12)19-7-6-18-4-2-10(19)3-5-18/h2-6,13,16H,7-12H2,1H3;8,10H,2-7H2,1H3. The summed E-state index contributed by atoms with van der Waals surface area (Å²) in [5, 5.41) is 0. The summed E-state index contributed by atoms with van der Waals surface area (Å²) < 4.78 is 13.1. The van der Waals surface area contributed by atoms with Crippen molar-refractivity contribution in [2.75, 3.05) is 62.2 Å². The van der Waals surface area contributed by atoms with Crippen LogP contribution in [0.2, 0.25) is 0 Å². The molecule has 45 heavy (non-hydrogen) atoms. The third-order valence-corrected chi connectivity index (χ3v) is 10.8. The van der Waals surface area contributed by atoms with Gasteiger partial charge < -0.3 is 28.4 Å². The maximum atomic E-state index is 6.16. The smallest absolute Gasteiger partial charge is 0.300 e. The van der Waals surface area contributed by atoms with E-state index in [2.05, 4.69) is 63.7 Å². The molecule has 11 rings (SSSR count). The molecule has 6 saturated heterocycles. The number of aromatic nitrogens is 4. The number of piperidine rings is 2. The molecular formula is C34H39BrN8O2. The van der Waals surface area contributed by atoms with E-state index in [1.165, 1.54) is 51.9 Å². The van der Waals surface area contributed by atoms with Gasteiger partial charge in [-0.05, 0) is 67.1 Å². The zero-order valence-corrected chi connectivity index (χ0v) is 27.5. The van der Waals surface area contributed by atoms with Gasteiger partial charge in [-0.2, -0.15) is 9.97 Å². The Bertz CT molecular complexity index is 1770. The fourth-order valence-corrected chi connectivity index (χ4v) is 7.59. The molecule has 0 N–H and O–H groups in total. The minimum absolute atomic E-state index is 0.543. The number of rotatable bonds is 3. The van der Waals surface area contributed by atoms with Crippen LogP contribution in [0.1, 0.15) is 37.1 Å². The fourth-order valence-electron chi connectivity index (χ4n) is 7.29. The van der Waals surface area contributed by atoms with Gasteiger partial charge in [0.1, 0.15) is 0 Å². The lowest BCUT2D eigenvalue weighted by Crippen LogP contribution is -2.38. The Morgan fingerprint density at radius 3 is 1.69 bits per heavy atom.